The molecular weight excluding hydrogens is 820 g/mol. The average Bonchev–Trinajstić information content (AvgIpc) is 3.63. The Morgan fingerprint density at radius 3 is 2.51 bits per heavy atom. The number of carboxylic acids is 1. The smallest absolute Gasteiger partial charge is 0.543 e. The molecule has 3 atom stereocenters. The van der Waals surface area contributed by atoms with Gasteiger partial charge in [-0.1, -0.05) is 30.5 Å². The van der Waals surface area contributed by atoms with Gasteiger partial charge in [-0.05, 0) is 58.0 Å². The number of aromatic hydroxyl groups is 2. The van der Waals surface area contributed by atoms with Crippen molar-refractivity contribution < 1.29 is 77.2 Å². The molecule has 0 aliphatic carbocycles. The molecule has 2 aromatic heterocycles. The number of amides is 4. The number of carboxylic acid groups (broad SMARTS) is 1. The van der Waals surface area contributed by atoms with Crippen LogP contribution in [0, 0.1) is 0 Å². The predicted molar refractivity (Wildman–Crippen MR) is 196 cm³/mol. The summed E-state index contributed by atoms with van der Waals surface area (Å²) in [6.45, 7) is 3.60. The van der Waals surface area contributed by atoms with Crippen molar-refractivity contribution in [2.24, 2.45) is 5.14 Å². The number of phenols is 1. The van der Waals surface area contributed by atoms with E-state index < -0.39 is 62.6 Å². The monoisotopic (exact) mass is 848 g/mol. The fourth-order valence-electron chi connectivity index (χ4n) is 5.48. The Kier molecular flexibility index (Phi) is 13.1. The summed E-state index contributed by atoms with van der Waals surface area (Å²) in [5.41, 5.74) is -1.94. The number of phenolic OH excluding ortho intramolecular Hbond substituents is 1. The third kappa shape index (κ3) is 8.99. The maximum Gasteiger partial charge on any atom is 1.00 e. The van der Waals surface area contributed by atoms with Crippen LogP contribution in [-0.2, 0) is 29.1 Å². The van der Waals surface area contributed by atoms with Gasteiger partial charge in [0.05, 0.1) is 22.8 Å². The van der Waals surface area contributed by atoms with Gasteiger partial charge in [-0.15, -0.1) is 16.9 Å². The SMILES string of the molecule is C=Cn1nnnc1SCC1=C(C(=O)[O-])N2C(=O)[C@](NC(=O)C(NC(=O)Nc3cnc(Nc4ccc(S(N)(=O)=O)cc4)nc3O)c3ccc(O)cc3)(OC)[C@@H]2SC1.[Na+]. The second-order valence-electron chi connectivity index (χ2n) is 11.6. The molecule has 2 aliphatic rings. The zero-order valence-corrected chi connectivity index (χ0v) is 34.1. The number of carbonyl (C=O) groups excluding carboxylic acids is 4. The molecule has 0 bridgehead atoms. The molecule has 22 nitrogen and oxygen atoms in total. The first-order chi connectivity index (χ1) is 26.6. The molecule has 57 heavy (non-hydrogen) atoms. The van der Waals surface area contributed by atoms with E-state index in [1.807, 2.05) is 0 Å². The maximum absolute atomic E-state index is 14.0. The zero-order chi connectivity index (χ0) is 40.4. The van der Waals surface area contributed by atoms with Gasteiger partial charge in [0, 0.05) is 30.5 Å². The van der Waals surface area contributed by atoms with Gasteiger partial charge >= 0.3 is 35.6 Å². The molecule has 4 aromatic rings. The first-order valence-corrected chi connectivity index (χ1v) is 19.3. The van der Waals surface area contributed by atoms with Crippen LogP contribution in [0.15, 0.2) is 82.6 Å². The standard InChI is InChI=1S/C31H30N12O10S3.Na/c1-3-42-30(39-40-41-42)55-14-16-13-54-27-31(53-2,26(49)43(27)22(16)25(47)48)38-24(46)21(15-4-8-18(44)9-5-15)36-29(50)35-20-12-33-28(37-23(20)45)34-17-6-10-19(11-7-17)56(32,51)52;/h3-12,21,27,44H,1,13-14H2,2H3,(H,38,46)(H,47,48)(H2,32,51,52)(H2,35,36,50)(H2,33,34,37,45);/q;+1/p-1/t21?,27-,31-;/m0./s1. The van der Waals surface area contributed by atoms with E-state index in [9.17, 15) is 42.9 Å². The number of rotatable bonds is 14. The summed E-state index contributed by atoms with van der Waals surface area (Å²) in [5.74, 6) is -4.32. The molecule has 4 heterocycles. The number of anilines is 3. The van der Waals surface area contributed by atoms with Crippen molar-refractivity contribution in [2.75, 3.05) is 29.2 Å². The van der Waals surface area contributed by atoms with Crippen LogP contribution < -0.4 is 61.1 Å². The molecule has 1 saturated heterocycles. The Labute approximate surface area is 353 Å². The summed E-state index contributed by atoms with van der Waals surface area (Å²) in [6.07, 6.45) is 2.41. The van der Waals surface area contributed by atoms with Gasteiger partial charge in [-0.25, -0.2) is 23.3 Å². The first kappa shape index (κ1) is 42.9. The number of thioether (sulfide) groups is 2. The summed E-state index contributed by atoms with van der Waals surface area (Å²) in [4.78, 5) is 62.1. The number of aromatic nitrogens is 6. The summed E-state index contributed by atoms with van der Waals surface area (Å²) >= 11 is 2.22. The van der Waals surface area contributed by atoms with Gasteiger partial charge in [0.2, 0.25) is 32.9 Å². The van der Waals surface area contributed by atoms with Crippen molar-refractivity contribution in [2.45, 2.75) is 27.2 Å². The van der Waals surface area contributed by atoms with Crippen LogP contribution in [0.3, 0.4) is 0 Å². The molecule has 8 N–H and O–H groups in total. The average molecular weight is 849 g/mol. The van der Waals surface area contributed by atoms with Crippen molar-refractivity contribution >= 4 is 80.9 Å². The number of carbonyl (C=O) groups is 4. The van der Waals surface area contributed by atoms with Crippen LogP contribution in [0.2, 0.25) is 0 Å². The molecule has 1 fully saturated rings. The Bertz CT molecular complexity index is 2370. The van der Waals surface area contributed by atoms with E-state index in [1.165, 1.54) is 59.4 Å². The zero-order valence-electron chi connectivity index (χ0n) is 29.6. The molecule has 2 aliphatic heterocycles. The summed E-state index contributed by atoms with van der Waals surface area (Å²) in [5, 5.41) is 58.3. The maximum atomic E-state index is 14.0. The molecule has 292 valence electrons. The number of urea groups is 1. The molecule has 0 radical (unpaired) electrons. The number of fused-ring (bicyclic) bond motifs is 1. The minimum absolute atomic E-state index is 0. The van der Waals surface area contributed by atoms with Crippen LogP contribution in [0.4, 0.5) is 22.1 Å². The summed E-state index contributed by atoms with van der Waals surface area (Å²) in [6, 6.07) is 7.86. The number of hydrogen-bond donors (Lipinski definition) is 7. The van der Waals surface area contributed by atoms with Crippen LogP contribution in [0.5, 0.6) is 11.6 Å². The minimum atomic E-state index is -3.92. The van der Waals surface area contributed by atoms with E-state index in [4.69, 9.17) is 9.88 Å². The number of ether oxygens (including phenoxy) is 1. The van der Waals surface area contributed by atoms with E-state index in [0.29, 0.717) is 16.4 Å². The van der Waals surface area contributed by atoms with Crippen molar-refractivity contribution in [3.8, 4) is 11.6 Å². The van der Waals surface area contributed by atoms with Crippen molar-refractivity contribution in [3.63, 3.8) is 0 Å². The third-order valence-corrected chi connectivity index (χ3v) is 11.5. The number of benzene rings is 2. The molecule has 1 unspecified atom stereocenters. The van der Waals surface area contributed by atoms with Crippen molar-refractivity contribution in [3.05, 3.63) is 78.1 Å². The Balaban J connectivity index is 0.00000620. The van der Waals surface area contributed by atoms with Gasteiger partial charge in [0.15, 0.2) is 0 Å². The fraction of sp³-hybridized carbons (Fsp3) is 0.194. The number of tetrazole rings is 1. The second-order valence-corrected chi connectivity index (χ2v) is 15.2. The van der Waals surface area contributed by atoms with Gasteiger partial charge in [-0.2, -0.15) is 9.67 Å². The fourth-order valence-corrected chi connectivity index (χ4v) is 8.44. The van der Waals surface area contributed by atoms with Crippen LogP contribution in [0.1, 0.15) is 11.6 Å². The summed E-state index contributed by atoms with van der Waals surface area (Å²) in [7, 11) is -2.77. The van der Waals surface area contributed by atoms with E-state index >= 15 is 0 Å². The Morgan fingerprint density at radius 2 is 1.89 bits per heavy atom. The van der Waals surface area contributed by atoms with Crippen molar-refractivity contribution in [1.29, 1.82) is 0 Å². The molecule has 6 rings (SSSR count). The predicted octanol–water partition coefficient (Wildman–Crippen LogP) is -3.60. The number of β-lactam (4-membered cyclic amide) rings is 1. The second kappa shape index (κ2) is 17.5. The molecule has 4 amide bonds. The van der Waals surface area contributed by atoms with Crippen LogP contribution in [0.25, 0.3) is 6.20 Å². The Morgan fingerprint density at radius 1 is 1.19 bits per heavy atom. The molecule has 2 aromatic carbocycles. The topological polar surface area (TPSA) is 322 Å². The van der Waals surface area contributed by atoms with E-state index in [1.54, 1.807) is 0 Å². The van der Waals surface area contributed by atoms with Crippen LogP contribution in [-0.4, -0.2) is 107 Å². The summed E-state index contributed by atoms with van der Waals surface area (Å²) < 4.78 is 29.9. The number of nitrogens with one attached hydrogen (secondary N) is 4. The van der Waals surface area contributed by atoms with E-state index in [-0.39, 0.29) is 68.9 Å². The number of methoxy groups -OCH3 is 1. The molecule has 0 saturated carbocycles. The van der Waals surface area contributed by atoms with Crippen LogP contribution >= 0.6 is 23.5 Å². The van der Waals surface area contributed by atoms with Gasteiger partial charge in [0.1, 0.15) is 22.9 Å². The number of sulfonamides is 1. The Hall–Kier alpha value is -5.28. The number of nitrogens with two attached hydrogens (primary N) is 1. The minimum Gasteiger partial charge on any atom is -0.543 e. The number of aliphatic carboxylic acids is 1. The largest absolute Gasteiger partial charge is 1.00 e. The molecular formula is C31H29N12NaO10S3. The van der Waals surface area contributed by atoms with Crippen molar-refractivity contribution in [1.82, 2.24) is 45.7 Å². The first-order valence-electron chi connectivity index (χ1n) is 15.8. The quantitative estimate of drug-likeness (QED) is 0.0279. The number of primary sulfonamides is 1. The number of nitrogens with zero attached hydrogens (tertiary/aromatic N) is 7. The van der Waals surface area contributed by atoms with Gasteiger partial charge < -0.3 is 46.1 Å². The van der Waals surface area contributed by atoms with Gasteiger partial charge in [-0.3, -0.25) is 14.5 Å². The van der Waals surface area contributed by atoms with Gasteiger partial charge in [0.25, 0.3) is 11.6 Å². The van der Waals surface area contributed by atoms with E-state index in [2.05, 4.69) is 53.3 Å². The van der Waals surface area contributed by atoms with E-state index in [0.717, 1.165) is 41.7 Å². The molecule has 26 heteroatoms. The third-order valence-electron chi connectivity index (χ3n) is 8.17. The molecule has 0 spiro atoms. The normalized spacial score (nSPS) is 18.0. The number of hydrogen-bond acceptors (Lipinski definition) is 18.